The van der Waals surface area contributed by atoms with Crippen LogP contribution in [0, 0.1) is 11.6 Å². The summed E-state index contributed by atoms with van der Waals surface area (Å²) < 4.78 is 28.6. The van der Waals surface area contributed by atoms with Gasteiger partial charge in [-0.3, -0.25) is 14.9 Å². The molecule has 2 aromatic rings. The van der Waals surface area contributed by atoms with Gasteiger partial charge < -0.3 is 4.90 Å². The Kier molecular flexibility index (Phi) is 6.23. The van der Waals surface area contributed by atoms with E-state index in [1.54, 1.807) is 18.2 Å². The van der Waals surface area contributed by atoms with E-state index < -0.39 is 17.6 Å². The molecule has 2 aromatic carbocycles. The summed E-state index contributed by atoms with van der Waals surface area (Å²) in [6.45, 7) is 3.01. The summed E-state index contributed by atoms with van der Waals surface area (Å²) in [4.78, 5) is 28.0. The largest absolute Gasteiger partial charge is 0.369 e. The molecule has 2 amide bonds. The van der Waals surface area contributed by atoms with E-state index in [4.69, 9.17) is 0 Å². The Bertz CT molecular complexity index is 1080. The summed E-state index contributed by atoms with van der Waals surface area (Å²) >= 11 is 3.45. The monoisotopic (exact) mass is 488 g/mol. The van der Waals surface area contributed by atoms with E-state index in [0.29, 0.717) is 35.2 Å². The van der Waals surface area contributed by atoms with Crippen molar-refractivity contribution in [2.24, 2.45) is 0 Å². The van der Waals surface area contributed by atoms with Crippen LogP contribution >= 0.6 is 15.9 Å². The molecule has 0 unspecified atom stereocenters. The maximum absolute atomic E-state index is 14.5. The highest BCUT2D eigenvalue weighted by Gasteiger charge is 2.31. The summed E-state index contributed by atoms with van der Waals surface area (Å²) in [5.41, 5.74) is 2.75. The zero-order chi connectivity index (χ0) is 22.1. The van der Waals surface area contributed by atoms with Gasteiger partial charge in [0.25, 0.3) is 11.8 Å². The fourth-order valence-corrected chi connectivity index (χ4v) is 4.71. The zero-order valence-electron chi connectivity index (χ0n) is 17.2. The number of halogens is 3. The zero-order valence-corrected chi connectivity index (χ0v) is 18.8. The number of carbonyl (C=O) groups excluding carboxylic acids is 2. The molecule has 0 radical (unpaired) electrons. The third-order valence-electron chi connectivity index (χ3n) is 5.71. The van der Waals surface area contributed by atoms with E-state index in [1.807, 2.05) is 11.8 Å². The molecule has 4 rings (SSSR count). The first-order valence-corrected chi connectivity index (χ1v) is 11.5. The molecule has 1 saturated carbocycles. The number of nitrogens with one attached hydrogen (secondary N) is 1. The van der Waals surface area contributed by atoms with E-state index in [2.05, 4.69) is 21.2 Å². The van der Waals surface area contributed by atoms with E-state index in [1.165, 1.54) is 12.1 Å². The second-order valence-corrected chi connectivity index (χ2v) is 8.53. The minimum atomic E-state index is -0.668. The maximum Gasteiger partial charge on any atom is 0.260 e. The molecular weight excluding hydrogens is 466 g/mol. The minimum absolute atomic E-state index is 0.108. The van der Waals surface area contributed by atoms with E-state index in [9.17, 15) is 18.4 Å². The van der Waals surface area contributed by atoms with Gasteiger partial charge in [0, 0.05) is 35.2 Å². The minimum Gasteiger partial charge on any atom is -0.369 e. The van der Waals surface area contributed by atoms with Crippen LogP contribution in [0.25, 0.3) is 5.57 Å². The molecule has 162 valence electrons. The number of alkyl halides is 1. The molecule has 4 nitrogen and oxygen atoms in total. The lowest BCUT2D eigenvalue weighted by Gasteiger charge is -2.34. The van der Waals surface area contributed by atoms with Gasteiger partial charge in [-0.05, 0) is 60.6 Å². The lowest BCUT2D eigenvalue weighted by molar-refractivity contribution is -0.114. The first-order chi connectivity index (χ1) is 14.9. The van der Waals surface area contributed by atoms with Crippen molar-refractivity contribution >= 4 is 33.3 Å². The van der Waals surface area contributed by atoms with Crippen LogP contribution in [0.1, 0.15) is 59.2 Å². The molecule has 1 heterocycles. The van der Waals surface area contributed by atoms with Crippen molar-refractivity contribution < 1.29 is 18.4 Å². The van der Waals surface area contributed by atoms with Crippen molar-refractivity contribution in [3.63, 3.8) is 0 Å². The smallest absolute Gasteiger partial charge is 0.260 e. The first kappa shape index (κ1) is 21.7. The van der Waals surface area contributed by atoms with Crippen molar-refractivity contribution in [3.8, 4) is 0 Å². The third kappa shape index (κ3) is 4.42. The highest BCUT2D eigenvalue weighted by molar-refractivity contribution is 9.09. The van der Waals surface area contributed by atoms with Crippen molar-refractivity contribution in [1.82, 2.24) is 10.2 Å². The summed E-state index contributed by atoms with van der Waals surface area (Å²) in [5, 5.41) is 2.78. The standard InChI is InChI=1S/C24H23BrF2N2O2/c1-2-8-29-13-19-18(4-3-5-20(19)27)22(21(29)12-25)24(31)28-23(30)16-9-15(14-6-7-14)10-17(26)11-16/h3-5,9-11,14H,2,6-8,12-13H2,1H3,(H,28,30,31). The summed E-state index contributed by atoms with van der Waals surface area (Å²) in [6, 6.07) is 8.82. The molecule has 1 aliphatic carbocycles. The molecule has 0 bridgehead atoms. The molecule has 0 spiro atoms. The molecular formula is C24H23BrF2N2O2. The van der Waals surface area contributed by atoms with Crippen molar-refractivity contribution in [2.45, 2.75) is 38.6 Å². The number of rotatable bonds is 6. The Morgan fingerprint density at radius 1 is 1.16 bits per heavy atom. The van der Waals surface area contributed by atoms with E-state index in [-0.39, 0.29) is 22.9 Å². The predicted molar refractivity (Wildman–Crippen MR) is 119 cm³/mol. The van der Waals surface area contributed by atoms with Crippen molar-refractivity contribution in [3.05, 3.63) is 76.0 Å². The van der Waals surface area contributed by atoms with Gasteiger partial charge in [0.2, 0.25) is 0 Å². The van der Waals surface area contributed by atoms with Gasteiger partial charge in [-0.1, -0.05) is 35.0 Å². The van der Waals surface area contributed by atoms with Crippen LogP contribution in [0.5, 0.6) is 0 Å². The summed E-state index contributed by atoms with van der Waals surface area (Å²) in [5.74, 6) is -1.90. The number of fused-ring (bicyclic) bond motifs is 1. The quantitative estimate of drug-likeness (QED) is 0.452. The van der Waals surface area contributed by atoms with Gasteiger partial charge in [0.15, 0.2) is 0 Å². The maximum atomic E-state index is 14.5. The molecule has 0 saturated heterocycles. The lowest BCUT2D eigenvalue weighted by Crippen LogP contribution is -2.37. The Morgan fingerprint density at radius 2 is 1.94 bits per heavy atom. The fourth-order valence-electron chi connectivity index (χ4n) is 4.08. The number of allylic oxidation sites excluding steroid dienone is 1. The Morgan fingerprint density at radius 3 is 2.61 bits per heavy atom. The SMILES string of the molecule is CCCN1Cc2c(F)cccc2C(C(=O)NC(=O)c2cc(F)cc(C3CC3)c2)=C1CBr. The van der Waals surface area contributed by atoms with Gasteiger partial charge >= 0.3 is 0 Å². The Balaban J connectivity index is 1.68. The Hall–Kier alpha value is -2.54. The van der Waals surface area contributed by atoms with E-state index in [0.717, 1.165) is 30.9 Å². The van der Waals surface area contributed by atoms with Gasteiger partial charge in [-0.2, -0.15) is 0 Å². The summed E-state index contributed by atoms with van der Waals surface area (Å²) in [7, 11) is 0. The molecule has 7 heteroatoms. The van der Waals surface area contributed by atoms with Crippen molar-refractivity contribution in [1.29, 1.82) is 0 Å². The average molecular weight is 489 g/mol. The van der Waals surface area contributed by atoms with Gasteiger partial charge in [0.05, 0.1) is 5.57 Å². The van der Waals surface area contributed by atoms with Crippen LogP contribution < -0.4 is 5.32 Å². The predicted octanol–water partition coefficient (Wildman–Crippen LogP) is 5.13. The van der Waals surface area contributed by atoms with Gasteiger partial charge in [0.1, 0.15) is 11.6 Å². The molecule has 1 fully saturated rings. The first-order valence-electron chi connectivity index (χ1n) is 10.4. The van der Waals surface area contributed by atoms with Crippen LogP contribution in [-0.2, 0) is 11.3 Å². The van der Waals surface area contributed by atoms with Crippen LogP contribution in [0.3, 0.4) is 0 Å². The highest BCUT2D eigenvalue weighted by Crippen LogP contribution is 2.40. The number of imide groups is 1. The highest BCUT2D eigenvalue weighted by atomic mass is 79.9. The number of carbonyl (C=O) groups is 2. The molecule has 1 N–H and O–H groups in total. The van der Waals surface area contributed by atoms with Crippen LogP contribution in [0.2, 0.25) is 0 Å². The average Bonchev–Trinajstić information content (AvgIpc) is 3.58. The number of amides is 2. The summed E-state index contributed by atoms with van der Waals surface area (Å²) in [6.07, 6.45) is 2.77. The van der Waals surface area contributed by atoms with Gasteiger partial charge in [-0.15, -0.1) is 0 Å². The normalized spacial score (nSPS) is 15.7. The number of hydrogen-bond acceptors (Lipinski definition) is 3. The van der Waals surface area contributed by atoms with Gasteiger partial charge in [-0.25, -0.2) is 8.78 Å². The third-order valence-corrected chi connectivity index (χ3v) is 6.24. The molecule has 31 heavy (non-hydrogen) atoms. The van der Waals surface area contributed by atoms with E-state index >= 15 is 0 Å². The topological polar surface area (TPSA) is 49.4 Å². The number of benzene rings is 2. The van der Waals surface area contributed by atoms with Crippen LogP contribution in [0.15, 0.2) is 42.1 Å². The van der Waals surface area contributed by atoms with Crippen LogP contribution in [0.4, 0.5) is 8.78 Å². The fraction of sp³-hybridized carbons (Fsp3) is 0.333. The van der Waals surface area contributed by atoms with Crippen molar-refractivity contribution in [2.75, 3.05) is 11.9 Å². The number of hydrogen-bond donors (Lipinski definition) is 1. The molecule has 2 aliphatic rings. The van der Waals surface area contributed by atoms with Crippen LogP contribution in [-0.4, -0.2) is 28.6 Å². The molecule has 0 atom stereocenters. The second kappa shape index (κ2) is 8.91. The second-order valence-electron chi connectivity index (χ2n) is 7.97. The molecule has 1 aliphatic heterocycles. The molecule has 0 aromatic heterocycles. The Labute approximate surface area is 188 Å². The lowest BCUT2D eigenvalue weighted by atomic mass is 9.92. The number of nitrogens with zero attached hydrogens (tertiary/aromatic N) is 1.